The number of ether oxygens (including phenoxy) is 2. The van der Waals surface area contributed by atoms with Crippen LogP contribution in [0.15, 0.2) is 12.1 Å². The lowest BCUT2D eigenvalue weighted by atomic mass is 9.90. The van der Waals surface area contributed by atoms with Gasteiger partial charge < -0.3 is 14.8 Å². The average Bonchev–Trinajstić information content (AvgIpc) is 3.02. The van der Waals surface area contributed by atoms with E-state index in [1.165, 1.54) is 19.3 Å². The molecule has 1 aliphatic heterocycles. The zero-order valence-corrected chi connectivity index (χ0v) is 13.4. The molecule has 1 saturated carbocycles. The number of benzene rings is 1. The summed E-state index contributed by atoms with van der Waals surface area (Å²) < 4.78 is 11.9. The standard InChI is InChI=1S/C17H24ClNO2/c1-20-15-9-8-14(18)16(12-5-4-10-19-11-12)17(15)21-13-6-2-3-7-13/h8-9,12-13,19H,2-7,10-11H2,1H3. The molecule has 1 atom stereocenters. The van der Waals surface area contributed by atoms with Crippen molar-refractivity contribution < 1.29 is 9.47 Å². The molecule has 1 aromatic carbocycles. The van der Waals surface area contributed by atoms with Gasteiger partial charge in [0.15, 0.2) is 11.5 Å². The zero-order chi connectivity index (χ0) is 14.7. The predicted octanol–water partition coefficient (Wildman–Crippen LogP) is 4.14. The molecule has 21 heavy (non-hydrogen) atoms. The largest absolute Gasteiger partial charge is 0.493 e. The number of methoxy groups -OCH3 is 1. The second-order valence-electron chi connectivity index (χ2n) is 6.06. The maximum atomic E-state index is 6.51. The highest BCUT2D eigenvalue weighted by Gasteiger charge is 2.27. The molecule has 0 amide bonds. The van der Waals surface area contributed by atoms with Gasteiger partial charge in [-0.3, -0.25) is 0 Å². The Morgan fingerprint density at radius 1 is 1.14 bits per heavy atom. The molecular formula is C17H24ClNO2. The molecule has 1 saturated heterocycles. The maximum absolute atomic E-state index is 6.51. The van der Waals surface area contributed by atoms with E-state index in [1.54, 1.807) is 7.11 Å². The molecule has 0 bridgehead atoms. The predicted molar refractivity (Wildman–Crippen MR) is 85.7 cm³/mol. The van der Waals surface area contributed by atoms with Crippen LogP contribution < -0.4 is 14.8 Å². The fourth-order valence-electron chi connectivity index (χ4n) is 3.49. The first-order valence-electron chi connectivity index (χ1n) is 8.03. The highest BCUT2D eigenvalue weighted by atomic mass is 35.5. The lowest BCUT2D eigenvalue weighted by Crippen LogP contribution is -2.29. The molecule has 3 nitrogen and oxygen atoms in total. The number of nitrogens with one attached hydrogen (secondary N) is 1. The molecule has 0 radical (unpaired) electrons. The lowest BCUT2D eigenvalue weighted by Gasteiger charge is -2.28. The summed E-state index contributed by atoms with van der Waals surface area (Å²) in [5.41, 5.74) is 1.13. The highest BCUT2D eigenvalue weighted by Crippen LogP contribution is 2.44. The molecule has 4 heteroatoms. The molecule has 116 valence electrons. The molecule has 0 spiro atoms. The van der Waals surface area contributed by atoms with Crippen molar-refractivity contribution >= 4 is 11.6 Å². The molecule has 0 aromatic heterocycles. The minimum Gasteiger partial charge on any atom is -0.493 e. The summed E-state index contributed by atoms with van der Waals surface area (Å²) in [7, 11) is 1.70. The van der Waals surface area contributed by atoms with Crippen molar-refractivity contribution in [2.24, 2.45) is 0 Å². The van der Waals surface area contributed by atoms with E-state index in [0.29, 0.717) is 12.0 Å². The van der Waals surface area contributed by atoms with Gasteiger partial charge in [-0.05, 0) is 57.2 Å². The van der Waals surface area contributed by atoms with E-state index in [-0.39, 0.29) is 0 Å². The fraction of sp³-hybridized carbons (Fsp3) is 0.647. The average molecular weight is 310 g/mol. The van der Waals surface area contributed by atoms with E-state index >= 15 is 0 Å². The first-order chi connectivity index (χ1) is 10.3. The summed E-state index contributed by atoms with van der Waals surface area (Å²) in [6, 6.07) is 3.86. The van der Waals surface area contributed by atoms with Crippen LogP contribution in [0.4, 0.5) is 0 Å². The lowest BCUT2D eigenvalue weighted by molar-refractivity contribution is 0.197. The van der Waals surface area contributed by atoms with E-state index in [2.05, 4.69) is 5.32 Å². The third-order valence-corrected chi connectivity index (χ3v) is 4.95. The summed E-state index contributed by atoms with van der Waals surface area (Å²) in [5, 5.41) is 4.27. The third-order valence-electron chi connectivity index (χ3n) is 4.62. The van der Waals surface area contributed by atoms with Gasteiger partial charge in [0, 0.05) is 23.0 Å². The molecule has 2 aliphatic rings. The number of halogens is 1. The highest BCUT2D eigenvalue weighted by molar-refractivity contribution is 6.31. The zero-order valence-electron chi connectivity index (χ0n) is 12.7. The Hall–Kier alpha value is -0.930. The number of hydrogen-bond donors (Lipinski definition) is 1. The van der Waals surface area contributed by atoms with Crippen LogP contribution >= 0.6 is 11.6 Å². The Kier molecular flexibility index (Phi) is 4.91. The summed E-state index contributed by atoms with van der Waals surface area (Å²) in [5.74, 6) is 2.11. The first-order valence-corrected chi connectivity index (χ1v) is 8.41. The summed E-state index contributed by atoms with van der Waals surface area (Å²) >= 11 is 6.51. The second kappa shape index (κ2) is 6.89. The van der Waals surface area contributed by atoms with E-state index < -0.39 is 0 Å². The normalized spacial score (nSPS) is 23.2. The minimum absolute atomic E-state index is 0.313. The van der Waals surface area contributed by atoms with Gasteiger partial charge in [0.1, 0.15) is 0 Å². The van der Waals surface area contributed by atoms with Crippen LogP contribution in [0, 0.1) is 0 Å². The summed E-state index contributed by atoms with van der Waals surface area (Å²) in [6.07, 6.45) is 7.44. The number of rotatable bonds is 4. The molecule has 2 fully saturated rings. The van der Waals surface area contributed by atoms with Crippen LogP contribution in [0.5, 0.6) is 11.5 Å². The monoisotopic (exact) mass is 309 g/mol. The topological polar surface area (TPSA) is 30.5 Å². The maximum Gasteiger partial charge on any atom is 0.166 e. The Labute approximate surface area is 132 Å². The molecule has 1 N–H and O–H groups in total. The smallest absolute Gasteiger partial charge is 0.166 e. The van der Waals surface area contributed by atoms with Crippen molar-refractivity contribution in [2.45, 2.75) is 50.5 Å². The number of hydrogen-bond acceptors (Lipinski definition) is 3. The van der Waals surface area contributed by atoms with Crippen LogP contribution in [-0.4, -0.2) is 26.3 Å². The van der Waals surface area contributed by atoms with Gasteiger partial charge in [-0.15, -0.1) is 0 Å². The Balaban J connectivity index is 1.94. The second-order valence-corrected chi connectivity index (χ2v) is 6.47. The molecular weight excluding hydrogens is 286 g/mol. The summed E-state index contributed by atoms with van der Waals surface area (Å²) in [6.45, 7) is 2.06. The van der Waals surface area contributed by atoms with E-state index in [4.69, 9.17) is 21.1 Å². The van der Waals surface area contributed by atoms with Crippen molar-refractivity contribution in [3.05, 3.63) is 22.7 Å². The first kappa shape index (κ1) is 15.0. The van der Waals surface area contributed by atoms with Crippen molar-refractivity contribution in [1.29, 1.82) is 0 Å². The Morgan fingerprint density at radius 3 is 2.62 bits per heavy atom. The minimum atomic E-state index is 0.313. The van der Waals surface area contributed by atoms with E-state index in [9.17, 15) is 0 Å². The van der Waals surface area contributed by atoms with Crippen molar-refractivity contribution in [3.63, 3.8) is 0 Å². The SMILES string of the molecule is COc1ccc(Cl)c(C2CCCNC2)c1OC1CCCC1. The Morgan fingerprint density at radius 2 is 1.95 bits per heavy atom. The van der Waals surface area contributed by atoms with E-state index in [1.807, 2.05) is 12.1 Å². The molecule has 1 unspecified atom stereocenters. The van der Waals surface area contributed by atoms with Gasteiger partial charge in [-0.2, -0.15) is 0 Å². The van der Waals surface area contributed by atoms with Crippen LogP contribution in [0.1, 0.15) is 50.0 Å². The van der Waals surface area contributed by atoms with Crippen LogP contribution in [-0.2, 0) is 0 Å². The fourth-order valence-corrected chi connectivity index (χ4v) is 3.79. The van der Waals surface area contributed by atoms with Gasteiger partial charge in [-0.1, -0.05) is 11.6 Å². The van der Waals surface area contributed by atoms with Gasteiger partial charge in [-0.25, -0.2) is 0 Å². The molecule has 3 rings (SSSR count). The molecule has 1 heterocycles. The van der Waals surface area contributed by atoms with Crippen LogP contribution in [0.25, 0.3) is 0 Å². The van der Waals surface area contributed by atoms with Gasteiger partial charge in [0.25, 0.3) is 0 Å². The summed E-state index contributed by atoms with van der Waals surface area (Å²) in [4.78, 5) is 0. The van der Waals surface area contributed by atoms with Crippen molar-refractivity contribution in [2.75, 3.05) is 20.2 Å². The quantitative estimate of drug-likeness (QED) is 0.907. The van der Waals surface area contributed by atoms with E-state index in [0.717, 1.165) is 54.4 Å². The third kappa shape index (κ3) is 3.29. The van der Waals surface area contributed by atoms with Crippen LogP contribution in [0.2, 0.25) is 5.02 Å². The van der Waals surface area contributed by atoms with Crippen molar-refractivity contribution in [3.8, 4) is 11.5 Å². The van der Waals surface area contributed by atoms with Crippen molar-refractivity contribution in [1.82, 2.24) is 5.32 Å². The van der Waals surface area contributed by atoms with Gasteiger partial charge in [0.2, 0.25) is 0 Å². The molecule has 1 aliphatic carbocycles. The van der Waals surface area contributed by atoms with Crippen LogP contribution in [0.3, 0.4) is 0 Å². The number of piperidine rings is 1. The molecule has 1 aromatic rings. The van der Waals surface area contributed by atoms with Gasteiger partial charge >= 0.3 is 0 Å². The van der Waals surface area contributed by atoms with Gasteiger partial charge in [0.05, 0.1) is 13.2 Å². The Bertz CT molecular complexity index is 480.